The normalized spacial score (nSPS) is 16.6. The predicted molar refractivity (Wildman–Crippen MR) is 77.5 cm³/mol. The summed E-state index contributed by atoms with van der Waals surface area (Å²) in [6, 6.07) is 0. The van der Waals surface area contributed by atoms with E-state index in [-0.39, 0.29) is 12.3 Å². The van der Waals surface area contributed by atoms with E-state index in [0.717, 1.165) is 31.9 Å². The summed E-state index contributed by atoms with van der Waals surface area (Å²) in [7, 11) is 0. The first-order chi connectivity index (χ1) is 9.13. The molecule has 0 radical (unpaired) electrons. The van der Waals surface area contributed by atoms with E-state index >= 15 is 0 Å². The molecule has 1 aliphatic rings. The highest BCUT2D eigenvalue weighted by Crippen LogP contribution is 2.09. The fourth-order valence-electron chi connectivity index (χ4n) is 1.97. The molecule has 1 fully saturated rings. The summed E-state index contributed by atoms with van der Waals surface area (Å²) in [5.41, 5.74) is 0. The van der Waals surface area contributed by atoms with Crippen molar-refractivity contribution >= 4 is 23.6 Å². The highest BCUT2D eigenvalue weighted by atomic mass is 32.2. The number of carbonyl (C=O) groups is 2. The zero-order valence-corrected chi connectivity index (χ0v) is 12.5. The van der Waals surface area contributed by atoms with Crippen LogP contribution in [-0.4, -0.2) is 71.0 Å². The number of amides is 1. The molecule has 6 heteroatoms. The Balaban J connectivity index is 2.14. The van der Waals surface area contributed by atoms with Gasteiger partial charge in [-0.15, -0.1) is 0 Å². The summed E-state index contributed by atoms with van der Waals surface area (Å²) in [6.07, 6.45) is 2.52. The third-order valence-electron chi connectivity index (χ3n) is 3.23. The van der Waals surface area contributed by atoms with Gasteiger partial charge in [-0.2, -0.15) is 11.8 Å². The Kier molecular flexibility index (Phi) is 7.90. The number of piperazine rings is 1. The van der Waals surface area contributed by atoms with Gasteiger partial charge in [0, 0.05) is 32.7 Å². The van der Waals surface area contributed by atoms with Gasteiger partial charge in [0.2, 0.25) is 5.91 Å². The monoisotopic (exact) mass is 288 g/mol. The van der Waals surface area contributed by atoms with Gasteiger partial charge in [-0.25, -0.2) is 0 Å². The maximum Gasteiger partial charge on any atom is 0.304 e. The molecule has 1 saturated heterocycles. The zero-order chi connectivity index (χ0) is 14.1. The maximum atomic E-state index is 11.9. The van der Waals surface area contributed by atoms with Crippen molar-refractivity contribution in [3.05, 3.63) is 0 Å². The van der Waals surface area contributed by atoms with Crippen LogP contribution in [0.3, 0.4) is 0 Å². The van der Waals surface area contributed by atoms with Crippen molar-refractivity contribution in [1.29, 1.82) is 0 Å². The second-order valence-electron chi connectivity index (χ2n) is 4.77. The average Bonchev–Trinajstić information content (AvgIpc) is 2.41. The molecule has 0 spiro atoms. The first kappa shape index (κ1) is 16.3. The topological polar surface area (TPSA) is 60.9 Å². The van der Waals surface area contributed by atoms with Gasteiger partial charge in [0.05, 0.1) is 12.2 Å². The van der Waals surface area contributed by atoms with Gasteiger partial charge < -0.3 is 10.0 Å². The molecule has 110 valence electrons. The molecular formula is C13H24N2O3S. The molecule has 0 aromatic heterocycles. The van der Waals surface area contributed by atoms with E-state index in [1.165, 1.54) is 12.8 Å². The van der Waals surface area contributed by atoms with Crippen molar-refractivity contribution < 1.29 is 14.7 Å². The second-order valence-corrected chi connectivity index (χ2v) is 5.88. The fourth-order valence-corrected chi connectivity index (χ4v) is 2.97. The van der Waals surface area contributed by atoms with Crippen LogP contribution >= 0.6 is 11.8 Å². The lowest BCUT2D eigenvalue weighted by molar-refractivity contribution is -0.138. The van der Waals surface area contributed by atoms with E-state index in [1.54, 1.807) is 11.8 Å². The SMILES string of the molecule is CCCCSCC(=O)N1CCN(CCC(=O)O)CC1. The van der Waals surface area contributed by atoms with Gasteiger partial charge in [-0.3, -0.25) is 14.5 Å². The fraction of sp³-hybridized carbons (Fsp3) is 0.846. The van der Waals surface area contributed by atoms with E-state index in [4.69, 9.17) is 5.11 Å². The van der Waals surface area contributed by atoms with E-state index in [9.17, 15) is 9.59 Å². The number of hydrogen-bond donors (Lipinski definition) is 1. The van der Waals surface area contributed by atoms with E-state index in [0.29, 0.717) is 12.3 Å². The van der Waals surface area contributed by atoms with Crippen LogP contribution in [0.2, 0.25) is 0 Å². The van der Waals surface area contributed by atoms with Crippen LogP contribution in [0.4, 0.5) is 0 Å². The first-order valence-corrected chi connectivity index (χ1v) is 8.08. The van der Waals surface area contributed by atoms with Crippen molar-refractivity contribution in [3.8, 4) is 0 Å². The minimum Gasteiger partial charge on any atom is -0.481 e. The van der Waals surface area contributed by atoms with Gasteiger partial charge in [-0.1, -0.05) is 13.3 Å². The van der Waals surface area contributed by atoms with Crippen LogP contribution in [0.25, 0.3) is 0 Å². The smallest absolute Gasteiger partial charge is 0.304 e. The summed E-state index contributed by atoms with van der Waals surface area (Å²) < 4.78 is 0. The number of unbranched alkanes of at least 4 members (excludes halogenated alkanes) is 1. The minimum atomic E-state index is -0.758. The van der Waals surface area contributed by atoms with Crippen LogP contribution in [-0.2, 0) is 9.59 Å². The van der Waals surface area contributed by atoms with Crippen molar-refractivity contribution in [2.24, 2.45) is 0 Å². The second kappa shape index (κ2) is 9.20. The van der Waals surface area contributed by atoms with Crippen LogP contribution in [0.5, 0.6) is 0 Å². The Labute approximate surface area is 119 Å². The molecule has 1 aliphatic heterocycles. The standard InChI is InChI=1S/C13H24N2O3S/c1-2-3-10-19-11-12(16)15-8-6-14(7-9-15)5-4-13(17)18/h2-11H2,1H3,(H,17,18). The van der Waals surface area contributed by atoms with Gasteiger partial charge in [0.1, 0.15) is 0 Å². The number of carbonyl (C=O) groups excluding carboxylic acids is 1. The Morgan fingerprint density at radius 3 is 2.47 bits per heavy atom. The molecule has 0 unspecified atom stereocenters. The number of carboxylic acids is 1. The highest BCUT2D eigenvalue weighted by Gasteiger charge is 2.20. The number of thioether (sulfide) groups is 1. The quantitative estimate of drug-likeness (QED) is 0.679. The molecule has 0 bridgehead atoms. The largest absolute Gasteiger partial charge is 0.481 e. The summed E-state index contributed by atoms with van der Waals surface area (Å²) in [5.74, 6) is 1.10. The third kappa shape index (κ3) is 6.82. The molecule has 19 heavy (non-hydrogen) atoms. The van der Waals surface area contributed by atoms with Gasteiger partial charge in [0.15, 0.2) is 0 Å². The number of hydrogen-bond acceptors (Lipinski definition) is 4. The molecule has 5 nitrogen and oxygen atoms in total. The summed E-state index contributed by atoms with van der Waals surface area (Å²) in [5, 5.41) is 8.63. The zero-order valence-electron chi connectivity index (χ0n) is 11.6. The van der Waals surface area contributed by atoms with E-state index in [2.05, 4.69) is 11.8 Å². The number of carboxylic acid groups (broad SMARTS) is 1. The lowest BCUT2D eigenvalue weighted by Gasteiger charge is -2.34. The van der Waals surface area contributed by atoms with Crippen molar-refractivity contribution in [2.45, 2.75) is 26.2 Å². The van der Waals surface area contributed by atoms with Crippen molar-refractivity contribution in [3.63, 3.8) is 0 Å². The lowest BCUT2D eigenvalue weighted by Crippen LogP contribution is -2.49. The summed E-state index contributed by atoms with van der Waals surface area (Å²) in [4.78, 5) is 26.4. The molecule has 1 rings (SSSR count). The lowest BCUT2D eigenvalue weighted by atomic mass is 10.3. The summed E-state index contributed by atoms with van der Waals surface area (Å²) in [6.45, 7) is 5.78. The van der Waals surface area contributed by atoms with Crippen LogP contribution in [0, 0.1) is 0 Å². The molecule has 1 N–H and O–H groups in total. The maximum absolute atomic E-state index is 11.9. The van der Waals surface area contributed by atoms with Gasteiger partial charge in [-0.05, 0) is 12.2 Å². The average molecular weight is 288 g/mol. The van der Waals surface area contributed by atoms with Gasteiger partial charge in [0.25, 0.3) is 0 Å². The molecular weight excluding hydrogens is 264 g/mol. The molecule has 0 aromatic rings. The first-order valence-electron chi connectivity index (χ1n) is 6.93. The van der Waals surface area contributed by atoms with Crippen molar-refractivity contribution in [1.82, 2.24) is 9.80 Å². The highest BCUT2D eigenvalue weighted by molar-refractivity contribution is 7.99. The molecule has 1 amide bonds. The number of nitrogens with zero attached hydrogens (tertiary/aromatic N) is 2. The summed E-state index contributed by atoms with van der Waals surface area (Å²) >= 11 is 1.71. The Morgan fingerprint density at radius 1 is 1.21 bits per heavy atom. The molecule has 0 atom stereocenters. The molecule has 0 saturated carbocycles. The predicted octanol–water partition coefficient (Wildman–Crippen LogP) is 1.14. The van der Waals surface area contributed by atoms with Crippen LogP contribution < -0.4 is 0 Å². The van der Waals surface area contributed by atoms with Gasteiger partial charge >= 0.3 is 5.97 Å². The number of rotatable bonds is 8. The Bertz CT molecular complexity index is 292. The number of aliphatic carboxylic acids is 1. The third-order valence-corrected chi connectivity index (χ3v) is 4.26. The Morgan fingerprint density at radius 2 is 1.89 bits per heavy atom. The van der Waals surface area contributed by atoms with E-state index < -0.39 is 5.97 Å². The molecule has 1 heterocycles. The molecule has 0 aromatic carbocycles. The van der Waals surface area contributed by atoms with Crippen molar-refractivity contribution in [2.75, 3.05) is 44.2 Å². The van der Waals surface area contributed by atoms with Crippen LogP contribution in [0.15, 0.2) is 0 Å². The Hall–Kier alpha value is -0.750. The van der Waals surface area contributed by atoms with Crippen LogP contribution in [0.1, 0.15) is 26.2 Å². The van der Waals surface area contributed by atoms with E-state index in [1.807, 2.05) is 4.90 Å². The minimum absolute atomic E-state index is 0.181. The molecule has 0 aliphatic carbocycles.